The van der Waals surface area contributed by atoms with Crippen LogP contribution in [0.4, 0.5) is 0 Å². The van der Waals surface area contributed by atoms with E-state index in [-0.39, 0.29) is 30.2 Å². The maximum absolute atomic E-state index is 13.1. The Hall–Kier alpha value is -1.40. The normalized spacial score (nSPS) is 13.4. The van der Waals surface area contributed by atoms with Crippen LogP contribution in [0.1, 0.15) is 137 Å². The van der Waals surface area contributed by atoms with Gasteiger partial charge in [-0.2, -0.15) is 0 Å². The van der Waals surface area contributed by atoms with Crippen molar-refractivity contribution in [3.63, 3.8) is 0 Å². The minimum absolute atomic E-state index is 0.0169. The standard InChI is InChI=1S/C36H66NO5PSi/c1-9-12-13-14-15-16-17-18-19-20-21-22-23-24-35(38)37-33(29-30-43(39,40-10-2)41-11-3)31-32-25-27-34(28-26-32)42-44(7,8)36(4,5)6/h25-30,33H,9-24,31H2,1-8H3,(H,37,38)/t33-/m1/s1. The summed E-state index contributed by atoms with van der Waals surface area (Å²) in [6, 6.07) is 7.79. The third-order valence-electron chi connectivity index (χ3n) is 8.53. The van der Waals surface area contributed by atoms with E-state index in [1.165, 1.54) is 76.4 Å². The molecule has 1 atom stereocenters. The highest BCUT2D eigenvalue weighted by Crippen LogP contribution is 2.49. The van der Waals surface area contributed by atoms with E-state index in [0.717, 1.165) is 24.2 Å². The molecule has 254 valence electrons. The molecule has 44 heavy (non-hydrogen) atoms. The zero-order chi connectivity index (χ0) is 32.9. The topological polar surface area (TPSA) is 73.9 Å². The lowest BCUT2D eigenvalue weighted by molar-refractivity contribution is -0.121. The summed E-state index contributed by atoms with van der Waals surface area (Å²) in [5.74, 6) is 2.39. The molecule has 0 saturated carbocycles. The number of amides is 1. The quantitative estimate of drug-likeness (QED) is 0.0647. The van der Waals surface area contributed by atoms with Gasteiger partial charge in [0.2, 0.25) is 14.2 Å². The molecular weight excluding hydrogens is 585 g/mol. The van der Waals surface area contributed by atoms with Crippen LogP contribution >= 0.6 is 7.60 Å². The van der Waals surface area contributed by atoms with Gasteiger partial charge in [-0.15, -0.1) is 0 Å². The summed E-state index contributed by atoms with van der Waals surface area (Å²) in [6.07, 6.45) is 19.5. The molecule has 0 unspecified atom stereocenters. The highest BCUT2D eigenvalue weighted by molar-refractivity contribution is 7.57. The van der Waals surface area contributed by atoms with E-state index >= 15 is 0 Å². The molecule has 1 aromatic rings. The van der Waals surface area contributed by atoms with Crippen LogP contribution < -0.4 is 9.74 Å². The fraction of sp³-hybridized carbons (Fsp3) is 0.750. The minimum atomic E-state index is -3.37. The van der Waals surface area contributed by atoms with Crippen molar-refractivity contribution in [2.24, 2.45) is 0 Å². The van der Waals surface area contributed by atoms with Crippen LogP contribution in [-0.4, -0.2) is 33.5 Å². The van der Waals surface area contributed by atoms with E-state index in [1.54, 1.807) is 19.9 Å². The molecule has 8 heteroatoms. The molecule has 1 aromatic carbocycles. The average molecular weight is 652 g/mol. The second kappa shape index (κ2) is 22.2. The van der Waals surface area contributed by atoms with Gasteiger partial charge in [-0.3, -0.25) is 9.36 Å². The molecular formula is C36H66NO5PSi. The molecule has 0 radical (unpaired) electrons. The van der Waals surface area contributed by atoms with E-state index in [9.17, 15) is 9.36 Å². The highest BCUT2D eigenvalue weighted by Gasteiger charge is 2.38. The zero-order valence-corrected chi connectivity index (χ0v) is 31.4. The predicted molar refractivity (Wildman–Crippen MR) is 190 cm³/mol. The Morgan fingerprint density at radius 3 is 1.75 bits per heavy atom. The van der Waals surface area contributed by atoms with Crippen LogP contribution in [0.15, 0.2) is 36.2 Å². The number of hydrogen-bond acceptors (Lipinski definition) is 5. The van der Waals surface area contributed by atoms with Crippen molar-refractivity contribution in [1.29, 1.82) is 0 Å². The number of carbonyl (C=O) groups excluding carboxylic acids is 1. The molecule has 1 rings (SSSR count). The molecule has 0 fully saturated rings. The van der Waals surface area contributed by atoms with E-state index < -0.39 is 15.9 Å². The molecule has 0 aliphatic carbocycles. The van der Waals surface area contributed by atoms with Crippen molar-refractivity contribution in [2.45, 2.75) is 162 Å². The second-order valence-corrected chi connectivity index (χ2v) is 20.2. The van der Waals surface area contributed by atoms with Gasteiger partial charge in [0.25, 0.3) is 0 Å². The number of carbonyl (C=O) groups is 1. The number of hydrogen-bond donors (Lipinski definition) is 1. The summed E-state index contributed by atoms with van der Waals surface area (Å²) in [4.78, 5) is 12.9. The van der Waals surface area contributed by atoms with Crippen molar-refractivity contribution in [3.8, 4) is 5.75 Å². The lowest BCUT2D eigenvalue weighted by Gasteiger charge is -2.36. The second-order valence-electron chi connectivity index (χ2n) is 13.6. The van der Waals surface area contributed by atoms with Crippen LogP contribution in [0, 0.1) is 0 Å². The Morgan fingerprint density at radius 2 is 1.30 bits per heavy atom. The summed E-state index contributed by atoms with van der Waals surface area (Å²) in [6.45, 7) is 17.6. The van der Waals surface area contributed by atoms with Crippen molar-refractivity contribution >= 4 is 21.8 Å². The van der Waals surface area contributed by atoms with Crippen LogP contribution in [0.3, 0.4) is 0 Å². The van der Waals surface area contributed by atoms with E-state index in [4.69, 9.17) is 13.5 Å². The molecule has 0 aliphatic rings. The highest BCUT2D eigenvalue weighted by atomic mass is 31.2. The number of benzene rings is 1. The molecule has 0 aliphatic heterocycles. The van der Waals surface area contributed by atoms with Gasteiger partial charge in [-0.05, 0) is 62.5 Å². The minimum Gasteiger partial charge on any atom is -0.544 e. The summed E-state index contributed by atoms with van der Waals surface area (Å²) >= 11 is 0. The Kier molecular flexibility index (Phi) is 20.5. The fourth-order valence-electron chi connectivity index (χ4n) is 4.84. The van der Waals surface area contributed by atoms with Gasteiger partial charge in [0.05, 0.1) is 19.3 Å². The molecule has 0 bridgehead atoms. The molecule has 1 amide bonds. The SMILES string of the molecule is CCCCCCCCCCCCCCCC(=O)N[C@H](C=CP(=O)(OCC)OCC)Cc1ccc(O[Si](C)(C)C(C)(C)C)cc1. The molecule has 0 aromatic heterocycles. The summed E-state index contributed by atoms with van der Waals surface area (Å²) in [5.41, 5.74) is 1.06. The Bertz CT molecular complexity index is 964. The average Bonchev–Trinajstić information content (AvgIpc) is 2.95. The first kappa shape index (κ1) is 40.6. The number of rotatable bonds is 25. The monoisotopic (exact) mass is 651 g/mol. The summed E-state index contributed by atoms with van der Waals surface area (Å²) in [5, 5.41) is 3.28. The van der Waals surface area contributed by atoms with Gasteiger partial charge in [0.15, 0.2) is 0 Å². The molecule has 0 spiro atoms. The van der Waals surface area contributed by atoms with Gasteiger partial charge in [0.1, 0.15) is 5.75 Å². The van der Waals surface area contributed by atoms with Crippen LogP contribution in [0.2, 0.25) is 18.1 Å². The van der Waals surface area contributed by atoms with Gasteiger partial charge in [0, 0.05) is 12.2 Å². The molecule has 6 nitrogen and oxygen atoms in total. The zero-order valence-electron chi connectivity index (χ0n) is 29.6. The Labute approximate surface area is 272 Å². The summed E-state index contributed by atoms with van der Waals surface area (Å²) < 4.78 is 30.4. The van der Waals surface area contributed by atoms with Gasteiger partial charge < -0.3 is 18.8 Å². The third kappa shape index (κ3) is 17.9. The first-order valence-corrected chi connectivity index (χ1v) is 22.0. The predicted octanol–water partition coefficient (Wildman–Crippen LogP) is 11.4. The Balaban J connectivity index is 2.64. The summed E-state index contributed by atoms with van der Waals surface area (Å²) in [7, 11) is -5.30. The molecule has 1 N–H and O–H groups in total. The first-order valence-electron chi connectivity index (χ1n) is 17.5. The largest absolute Gasteiger partial charge is 0.544 e. The van der Waals surface area contributed by atoms with Crippen molar-refractivity contribution in [3.05, 3.63) is 41.7 Å². The molecule has 0 heterocycles. The van der Waals surface area contributed by atoms with E-state index in [0.29, 0.717) is 12.8 Å². The van der Waals surface area contributed by atoms with Gasteiger partial charge in [-0.25, -0.2) is 0 Å². The van der Waals surface area contributed by atoms with Gasteiger partial charge >= 0.3 is 7.60 Å². The lowest BCUT2D eigenvalue weighted by Crippen LogP contribution is -2.43. The lowest BCUT2D eigenvalue weighted by atomic mass is 10.0. The van der Waals surface area contributed by atoms with E-state index in [1.807, 2.05) is 24.3 Å². The maximum atomic E-state index is 13.1. The molecule has 0 saturated heterocycles. The van der Waals surface area contributed by atoms with Crippen LogP contribution in [-0.2, 0) is 24.8 Å². The fourth-order valence-corrected chi connectivity index (χ4v) is 7.25. The third-order valence-corrected chi connectivity index (χ3v) is 14.7. The van der Waals surface area contributed by atoms with Crippen molar-refractivity contribution in [2.75, 3.05) is 13.2 Å². The Morgan fingerprint density at radius 1 is 0.818 bits per heavy atom. The number of nitrogens with one attached hydrogen (secondary N) is 1. The van der Waals surface area contributed by atoms with Crippen LogP contribution in [0.5, 0.6) is 5.75 Å². The number of unbranched alkanes of at least 4 members (excludes halogenated alkanes) is 12. The van der Waals surface area contributed by atoms with Crippen molar-refractivity contribution in [1.82, 2.24) is 5.32 Å². The van der Waals surface area contributed by atoms with Crippen molar-refractivity contribution < 1.29 is 22.8 Å². The maximum Gasteiger partial charge on any atom is 0.353 e. The smallest absolute Gasteiger partial charge is 0.353 e. The van der Waals surface area contributed by atoms with Gasteiger partial charge in [-0.1, -0.05) is 123 Å². The van der Waals surface area contributed by atoms with E-state index in [2.05, 4.69) is 46.1 Å². The first-order chi connectivity index (χ1) is 20.9. The van der Waals surface area contributed by atoms with Crippen LogP contribution in [0.25, 0.3) is 0 Å².